The van der Waals surface area contributed by atoms with Crippen molar-refractivity contribution in [3.05, 3.63) is 146 Å². The molecule has 1 unspecified atom stereocenters. The first kappa shape index (κ1) is 49.8. The Labute approximate surface area is 388 Å². The van der Waals surface area contributed by atoms with Crippen molar-refractivity contribution >= 4 is 68.7 Å². The number of hydrogen-bond donors (Lipinski definition) is 1. The van der Waals surface area contributed by atoms with Crippen molar-refractivity contribution in [1.29, 1.82) is 0 Å². The van der Waals surface area contributed by atoms with Gasteiger partial charge in [-0.05, 0) is 98.1 Å². The number of nitrogens with zero attached hydrogens (tertiary/aromatic N) is 2. The number of benzene rings is 4. The van der Waals surface area contributed by atoms with Crippen LogP contribution in [-0.2, 0) is 42.9 Å². The third-order valence-corrected chi connectivity index (χ3v) is 9.64. The first-order chi connectivity index (χ1) is 32.5. The van der Waals surface area contributed by atoms with Gasteiger partial charge in [-0.3, -0.25) is 10.2 Å². The summed E-state index contributed by atoms with van der Waals surface area (Å²) in [6.45, 7) is 9.59. The molecule has 0 fully saturated rings. The van der Waals surface area contributed by atoms with Gasteiger partial charge in [0.15, 0.2) is 6.61 Å². The van der Waals surface area contributed by atoms with Gasteiger partial charge in [-0.1, -0.05) is 43.2 Å². The Morgan fingerprint density at radius 3 is 1.97 bits per heavy atom. The second-order valence-corrected chi connectivity index (χ2v) is 14.5. The highest BCUT2D eigenvalue weighted by Gasteiger charge is 2.19. The molecule has 67 heavy (non-hydrogen) atoms. The molecule has 0 spiro atoms. The quantitative estimate of drug-likeness (QED) is 0.00785. The molecular weight excluding hydrogens is 891 g/mol. The summed E-state index contributed by atoms with van der Waals surface area (Å²) < 4.78 is 49.3. The summed E-state index contributed by atoms with van der Waals surface area (Å²) in [4.78, 5) is 77.4. The number of unbranched alkanes of at least 4 members (excludes halogenated alkanes) is 2. The maximum atomic E-state index is 13.5. The van der Waals surface area contributed by atoms with Crippen LogP contribution in [0.15, 0.2) is 134 Å². The van der Waals surface area contributed by atoms with Crippen LogP contribution < -0.4 is 24.4 Å². The predicted molar refractivity (Wildman–Crippen MR) is 244 cm³/mol. The highest BCUT2D eigenvalue weighted by atomic mass is 32.1. The van der Waals surface area contributed by atoms with E-state index >= 15 is 0 Å². The lowest BCUT2D eigenvalue weighted by Gasteiger charge is -2.19. The zero-order valence-corrected chi connectivity index (χ0v) is 36.8. The zero-order valence-electron chi connectivity index (χ0n) is 36.0. The number of hydrogen-bond acceptors (Lipinski definition) is 19. The molecule has 5 aromatic rings. The van der Waals surface area contributed by atoms with E-state index in [4.69, 9.17) is 42.6 Å². The SMILES string of the molecule is C=CC(=O)OCCCCCOC(COc1ccc(C(=O)Oc2ccc(OC(=O)c3ccc(OCOC(=O)C=C)cc3)cc2/C=N/Nc2nc3ccccc3s2)cc1)OC(=O)CCOC(=O)C=C. The van der Waals surface area contributed by atoms with Gasteiger partial charge in [0.25, 0.3) is 0 Å². The highest BCUT2D eigenvalue weighted by Crippen LogP contribution is 2.28. The van der Waals surface area contributed by atoms with Crippen molar-refractivity contribution < 1.29 is 71.4 Å². The van der Waals surface area contributed by atoms with Gasteiger partial charge >= 0.3 is 35.8 Å². The van der Waals surface area contributed by atoms with Crippen LogP contribution in [0.2, 0.25) is 0 Å². The van der Waals surface area contributed by atoms with Gasteiger partial charge in [0.2, 0.25) is 18.2 Å². The van der Waals surface area contributed by atoms with E-state index < -0.39 is 42.1 Å². The van der Waals surface area contributed by atoms with Gasteiger partial charge in [-0.2, -0.15) is 5.10 Å². The average Bonchev–Trinajstić information content (AvgIpc) is 3.76. The molecule has 0 aliphatic rings. The number of hydrazone groups is 1. The van der Waals surface area contributed by atoms with Crippen LogP contribution >= 0.6 is 11.3 Å². The molecule has 1 heterocycles. The summed E-state index contributed by atoms with van der Waals surface area (Å²) in [6, 6.07) is 23.8. The Kier molecular flexibility index (Phi) is 19.8. The molecule has 0 radical (unpaired) electrons. The van der Waals surface area contributed by atoms with E-state index in [2.05, 4.69) is 35.2 Å². The van der Waals surface area contributed by atoms with Crippen LogP contribution in [0, 0.1) is 0 Å². The molecule has 348 valence electrons. The lowest BCUT2D eigenvalue weighted by Crippen LogP contribution is -2.29. The van der Waals surface area contributed by atoms with E-state index in [-0.39, 0.29) is 67.8 Å². The van der Waals surface area contributed by atoms with E-state index in [0.717, 1.165) is 28.4 Å². The fourth-order valence-corrected chi connectivity index (χ4v) is 6.20. The Morgan fingerprint density at radius 2 is 1.28 bits per heavy atom. The van der Waals surface area contributed by atoms with Crippen LogP contribution in [0.4, 0.5) is 5.13 Å². The molecule has 0 aliphatic carbocycles. The van der Waals surface area contributed by atoms with E-state index in [9.17, 15) is 28.8 Å². The standard InChI is InChI=1S/C48H45N3O15S/c1-4-41(52)58-25-10-7-11-26-60-45(66-44(55)24-27-59-42(53)5-2)30-61-35-18-14-33(15-19-35)47(57)65-39-23-22-37(28-34(39)29-49-51-48-50-38-12-8-9-13-40(38)67-48)64-46(56)32-16-20-36(21-17-32)62-31-63-43(54)6-3/h4-6,8-9,12-23,28-29,45H,1-3,7,10-11,24-27,30-31H2,(H,50,51)/b49-29+. The summed E-state index contributed by atoms with van der Waals surface area (Å²) >= 11 is 1.38. The normalized spacial score (nSPS) is 11.1. The number of para-hydroxylation sites is 1. The molecule has 1 aromatic heterocycles. The Morgan fingerprint density at radius 1 is 0.672 bits per heavy atom. The summed E-state index contributed by atoms with van der Waals surface area (Å²) in [5.74, 6) is -3.14. The van der Waals surface area contributed by atoms with Crippen molar-refractivity contribution in [2.45, 2.75) is 32.0 Å². The van der Waals surface area contributed by atoms with Crippen LogP contribution in [0.3, 0.4) is 0 Å². The topological polar surface area (TPSA) is 223 Å². The van der Waals surface area contributed by atoms with Crippen molar-refractivity contribution in [3.8, 4) is 23.0 Å². The summed E-state index contributed by atoms with van der Waals surface area (Å²) in [5, 5.41) is 4.81. The third-order valence-electron chi connectivity index (χ3n) is 8.70. The second kappa shape index (κ2) is 26.6. The smallest absolute Gasteiger partial charge is 0.343 e. The Balaban J connectivity index is 1.22. The molecule has 1 atom stereocenters. The van der Waals surface area contributed by atoms with Gasteiger partial charge in [0.05, 0.1) is 47.2 Å². The minimum absolute atomic E-state index is 0.0810. The first-order valence-electron chi connectivity index (χ1n) is 20.4. The number of carbonyl (C=O) groups excluding carboxylic acids is 6. The Bertz CT molecular complexity index is 2520. The molecule has 0 amide bonds. The number of fused-ring (bicyclic) bond motifs is 1. The van der Waals surface area contributed by atoms with E-state index in [1.54, 1.807) is 0 Å². The molecule has 0 bridgehead atoms. The molecule has 0 saturated heterocycles. The predicted octanol–water partition coefficient (Wildman–Crippen LogP) is 7.53. The van der Waals surface area contributed by atoms with Gasteiger partial charge in [-0.15, -0.1) is 0 Å². The minimum Gasteiger partial charge on any atom is -0.487 e. The van der Waals surface area contributed by atoms with Gasteiger partial charge < -0.3 is 42.6 Å². The maximum Gasteiger partial charge on any atom is 0.343 e. The molecule has 5 rings (SSSR count). The summed E-state index contributed by atoms with van der Waals surface area (Å²) in [6.07, 6.45) is 4.86. The molecule has 0 aliphatic heterocycles. The number of thiazole rings is 1. The lowest BCUT2D eigenvalue weighted by atomic mass is 10.2. The molecule has 0 saturated carbocycles. The van der Waals surface area contributed by atoms with E-state index in [1.165, 1.54) is 84.3 Å². The molecular formula is C48H45N3O15S. The van der Waals surface area contributed by atoms with Gasteiger partial charge in [-0.25, -0.2) is 29.0 Å². The largest absolute Gasteiger partial charge is 0.487 e. The zero-order chi connectivity index (χ0) is 47.8. The fourth-order valence-electron chi connectivity index (χ4n) is 5.38. The van der Waals surface area contributed by atoms with Crippen molar-refractivity contribution in [2.24, 2.45) is 5.10 Å². The van der Waals surface area contributed by atoms with Crippen LogP contribution in [0.25, 0.3) is 10.2 Å². The van der Waals surface area contributed by atoms with Gasteiger partial charge in [0, 0.05) is 23.8 Å². The van der Waals surface area contributed by atoms with Crippen molar-refractivity contribution in [1.82, 2.24) is 4.98 Å². The van der Waals surface area contributed by atoms with Crippen molar-refractivity contribution in [2.75, 3.05) is 38.6 Å². The number of aromatic nitrogens is 1. The fraction of sp³-hybridized carbons (Fsp3) is 0.208. The number of ether oxygens (including phenoxy) is 9. The number of anilines is 1. The third kappa shape index (κ3) is 17.1. The second-order valence-electron chi connectivity index (χ2n) is 13.5. The monoisotopic (exact) mass is 935 g/mol. The lowest BCUT2D eigenvalue weighted by molar-refractivity contribution is -0.186. The molecule has 4 aromatic carbocycles. The Hall–Kier alpha value is -8.16. The van der Waals surface area contributed by atoms with Gasteiger partial charge in [0.1, 0.15) is 29.6 Å². The number of nitrogens with one attached hydrogen (secondary N) is 1. The van der Waals surface area contributed by atoms with E-state index in [0.29, 0.717) is 35.9 Å². The minimum atomic E-state index is -1.14. The van der Waals surface area contributed by atoms with Crippen LogP contribution in [0.5, 0.6) is 23.0 Å². The average molecular weight is 936 g/mol. The van der Waals surface area contributed by atoms with E-state index in [1.807, 2.05) is 24.3 Å². The van der Waals surface area contributed by atoms with Crippen molar-refractivity contribution in [3.63, 3.8) is 0 Å². The summed E-state index contributed by atoms with van der Waals surface area (Å²) in [5.41, 5.74) is 4.27. The molecule has 1 N–H and O–H groups in total. The maximum absolute atomic E-state index is 13.5. The number of rotatable bonds is 27. The summed E-state index contributed by atoms with van der Waals surface area (Å²) in [7, 11) is 0. The van der Waals surface area contributed by atoms with Crippen LogP contribution in [-0.4, -0.2) is 86.5 Å². The first-order valence-corrected chi connectivity index (χ1v) is 21.2. The highest BCUT2D eigenvalue weighted by molar-refractivity contribution is 7.22. The number of carbonyl (C=O) groups is 6. The molecule has 18 nitrogen and oxygen atoms in total. The van der Waals surface area contributed by atoms with Crippen LogP contribution in [0.1, 0.15) is 52.0 Å². The number of esters is 6. The molecule has 19 heteroatoms.